The number of oxazole rings is 1. The van der Waals surface area contributed by atoms with Crippen LogP contribution in [0.5, 0.6) is 0 Å². The highest BCUT2D eigenvalue weighted by atomic mass is 35.5. The van der Waals surface area contributed by atoms with Crippen molar-refractivity contribution >= 4 is 28.7 Å². The third kappa shape index (κ3) is 1.92. The highest BCUT2D eigenvalue weighted by molar-refractivity contribution is 6.31. The van der Waals surface area contributed by atoms with E-state index in [2.05, 4.69) is 4.98 Å². The molecule has 6 heteroatoms. The second-order valence-corrected chi connectivity index (χ2v) is 4.49. The van der Waals surface area contributed by atoms with Crippen molar-refractivity contribution in [3.8, 4) is 11.5 Å². The van der Waals surface area contributed by atoms with E-state index in [0.29, 0.717) is 0 Å². The van der Waals surface area contributed by atoms with Crippen molar-refractivity contribution in [1.29, 1.82) is 0 Å². The quantitative estimate of drug-likeness (QED) is 0.775. The lowest BCUT2D eigenvalue weighted by Gasteiger charge is -1.98. The van der Waals surface area contributed by atoms with Gasteiger partial charge >= 0.3 is 5.97 Å². The Morgan fingerprint density at radius 3 is 2.75 bits per heavy atom. The van der Waals surface area contributed by atoms with E-state index in [1.165, 1.54) is 24.3 Å². The van der Waals surface area contributed by atoms with Gasteiger partial charge in [-0.1, -0.05) is 23.7 Å². The van der Waals surface area contributed by atoms with Crippen molar-refractivity contribution in [2.45, 2.75) is 0 Å². The molecular weight excluding hydrogens is 285 g/mol. The Labute approximate surface area is 117 Å². The Kier molecular flexibility index (Phi) is 2.91. The van der Waals surface area contributed by atoms with Crippen LogP contribution in [0, 0.1) is 5.82 Å². The molecule has 3 rings (SSSR count). The fourth-order valence-electron chi connectivity index (χ4n) is 1.91. The molecule has 20 heavy (non-hydrogen) atoms. The molecule has 100 valence electrons. The molecule has 0 aliphatic heterocycles. The maximum Gasteiger partial charge on any atom is 0.338 e. The van der Waals surface area contributed by atoms with E-state index < -0.39 is 11.8 Å². The summed E-state index contributed by atoms with van der Waals surface area (Å²) < 4.78 is 19.3. The zero-order valence-electron chi connectivity index (χ0n) is 9.93. The van der Waals surface area contributed by atoms with Crippen LogP contribution in [0.3, 0.4) is 0 Å². The monoisotopic (exact) mass is 291 g/mol. The molecule has 0 amide bonds. The van der Waals surface area contributed by atoms with E-state index in [9.17, 15) is 9.18 Å². The van der Waals surface area contributed by atoms with Crippen LogP contribution in [0.2, 0.25) is 5.02 Å². The maximum atomic E-state index is 13.9. The summed E-state index contributed by atoms with van der Waals surface area (Å²) in [5.74, 6) is -1.78. The SMILES string of the molecule is O=C(O)c1cccc2oc(-c3cccc(Cl)c3F)nc12. The summed E-state index contributed by atoms with van der Waals surface area (Å²) in [5, 5.41) is 9.03. The fraction of sp³-hybridized carbons (Fsp3) is 0. The first kappa shape index (κ1) is 12.6. The first-order valence-corrected chi connectivity index (χ1v) is 6.03. The van der Waals surface area contributed by atoms with Gasteiger partial charge in [0, 0.05) is 0 Å². The highest BCUT2D eigenvalue weighted by Crippen LogP contribution is 2.30. The lowest BCUT2D eigenvalue weighted by atomic mass is 10.2. The van der Waals surface area contributed by atoms with Crippen LogP contribution in [0.25, 0.3) is 22.6 Å². The largest absolute Gasteiger partial charge is 0.478 e. The molecule has 1 heterocycles. The molecule has 1 N–H and O–H groups in total. The Balaban J connectivity index is 2.26. The van der Waals surface area contributed by atoms with Crippen molar-refractivity contribution in [3.63, 3.8) is 0 Å². The maximum absolute atomic E-state index is 13.9. The van der Waals surface area contributed by atoms with Gasteiger partial charge in [-0.3, -0.25) is 0 Å². The van der Waals surface area contributed by atoms with E-state index in [-0.39, 0.29) is 33.1 Å². The average molecular weight is 292 g/mol. The van der Waals surface area contributed by atoms with Gasteiger partial charge in [-0.25, -0.2) is 14.2 Å². The molecule has 2 aromatic carbocycles. The van der Waals surface area contributed by atoms with Gasteiger partial charge < -0.3 is 9.52 Å². The minimum absolute atomic E-state index is 0.0000591. The van der Waals surface area contributed by atoms with Crippen LogP contribution in [-0.4, -0.2) is 16.1 Å². The van der Waals surface area contributed by atoms with E-state index >= 15 is 0 Å². The smallest absolute Gasteiger partial charge is 0.338 e. The summed E-state index contributed by atoms with van der Waals surface area (Å²) in [6.07, 6.45) is 0. The number of carboxylic acids is 1. The predicted molar refractivity (Wildman–Crippen MR) is 71.4 cm³/mol. The van der Waals surface area contributed by atoms with Gasteiger partial charge in [0.1, 0.15) is 5.52 Å². The zero-order valence-corrected chi connectivity index (χ0v) is 10.7. The van der Waals surface area contributed by atoms with E-state index in [1.54, 1.807) is 12.1 Å². The number of nitrogens with zero attached hydrogens (tertiary/aromatic N) is 1. The summed E-state index contributed by atoms with van der Waals surface area (Å²) in [7, 11) is 0. The first-order valence-electron chi connectivity index (χ1n) is 5.65. The molecule has 0 aliphatic carbocycles. The molecule has 0 radical (unpaired) electrons. The topological polar surface area (TPSA) is 63.3 Å². The molecule has 4 nitrogen and oxygen atoms in total. The Hall–Kier alpha value is -2.40. The fourth-order valence-corrected chi connectivity index (χ4v) is 2.08. The van der Waals surface area contributed by atoms with Crippen LogP contribution in [-0.2, 0) is 0 Å². The van der Waals surface area contributed by atoms with Crippen LogP contribution < -0.4 is 0 Å². The molecule has 3 aromatic rings. The van der Waals surface area contributed by atoms with Gasteiger partial charge in [0.05, 0.1) is 16.1 Å². The second-order valence-electron chi connectivity index (χ2n) is 4.08. The molecule has 0 spiro atoms. The molecule has 0 saturated heterocycles. The van der Waals surface area contributed by atoms with Crippen molar-refractivity contribution in [2.75, 3.05) is 0 Å². The number of halogens is 2. The summed E-state index contributed by atoms with van der Waals surface area (Å²) in [6.45, 7) is 0. The molecule has 1 aromatic heterocycles. The van der Waals surface area contributed by atoms with Crippen LogP contribution >= 0.6 is 11.6 Å². The molecule has 0 aliphatic rings. The number of benzene rings is 2. The number of rotatable bonds is 2. The number of para-hydroxylation sites is 1. The zero-order chi connectivity index (χ0) is 14.3. The normalized spacial score (nSPS) is 10.9. The minimum Gasteiger partial charge on any atom is -0.478 e. The average Bonchev–Trinajstić information content (AvgIpc) is 2.84. The number of aromatic nitrogens is 1. The van der Waals surface area contributed by atoms with E-state index in [4.69, 9.17) is 21.1 Å². The molecule has 0 bridgehead atoms. The second kappa shape index (κ2) is 4.61. The van der Waals surface area contributed by atoms with Gasteiger partial charge in [-0.05, 0) is 24.3 Å². The van der Waals surface area contributed by atoms with E-state index in [1.807, 2.05) is 0 Å². The summed E-state index contributed by atoms with van der Waals surface area (Å²) in [5.41, 5.74) is 0.540. The number of carboxylic acid groups (broad SMARTS) is 1. The lowest BCUT2D eigenvalue weighted by molar-refractivity contribution is 0.0699. The van der Waals surface area contributed by atoms with Crippen molar-refractivity contribution < 1.29 is 18.7 Å². The van der Waals surface area contributed by atoms with Crippen LogP contribution in [0.4, 0.5) is 4.39 Å². The predicted octanol–water partition coefficient (Wildman–Crippen LogP) is 3.99. The number of hydrogen-bond acceptors (Lipinski definition) is 3. The van der Waals surface area contributed by atoms with Crippen LogP contribution in [0.15, 0.2) is 40.8 Å². The minimum atomic E-state index is -1.12. The van der Waals surface area contributed by atoms with Crippen molar-refractivity contribution in [3.05, 3.63) is 52.8 Å². The van der Waals surface area contributed by atoms with Crippen LogP contribution in [0.1, 0.15) is 10.4 Å². The Bertz CT molecular complexity index is 828. The standard InChI is InChI=1S/C14H7ClFNO3/c15-9-5-1-3-7(11(9)16)13-17-12-8(14(18)19)4-2-6-10(12)20-13/h1-6H,(H,18,19). The molecule has 0 unspecified atom stereocenters. The number of hydrogen-bond donors (Lipinski definition) is 1. The number of aromatic carboxylic acids is 1. The lowest BCUT2D eigenvalue weighted by Crippen LogP contribution is -1.96. The van der Waals surface area contributed by atoms with Crippen molar-refractivity contribution in [2.24, 2.45) is 0 Å². The summed E-state index contributed by atoms with van der Waals surface area (Å²) in [4.78, 5) is 15.2. The molecule has 0 saturated carbocycles. The van der Waals surface area contributed by atoms with E-state index in [0.717, 1.165) is 0 Å². The van der Waals surface area contributed by atoms with Gasteiger partial charge in [-0.2, -0.15) is 0 Å². The summed E-state index contributed by atoms with van der Waals surface area (Å²) >= 11 is 5.71. The van der Waals surface area contributed by atoms with Gasteiger partial charge in [-0.15, -0.1) is 0 Å². The molecule has 0 atom stereocenters. The number of fused-ring (bicyclic) bond motifs is 1. The molecular formula is C14H7ClFNO3. The Morgan fingerprint density at radius 1 is 1.25 bits per heavy atom. The van der Waals surface area contributed by atoms with Crippen molar-refractivity contribution in [1.82, 2.24) is 4.98 Å². The van der Waals surface area contributed by atoms with Gasteiger partial charge in [0.2, 0.25) is 5.89 Å². The molecule has 0 fully saturated rings. The third-order valence-electron chi connectivity index (χ3n) is 2.83. The third-order valence-corrected chi connectivity index (χ3v) is 3.12. The van der Waals surface area contributed by atoms with Gasteiger partial charge in [0.15, 0.2) is 11.4 Å². The highest BCUT2D eigenvalue weighted by Gasteiger charge is 2.18. The number of carbonyl (C=O) groups is 1. The first-order chi connectivity index (χ1) is 9.58. The Morgan fingerprint density at radius 2 is 2.00 bits per heavy atom. The summed E-state index contributed by atoms with van der Waals surface area (Å²) in [6, 6.07) is 8.95. The van der Waals surface area contributed by atoms with Gasteiger partial charge in [0.25, 0.3) is 0 Å².